The minimum Gasteiger partial charge on any atom is -0.480 e. The van der Waals surface area contributed by atoms with Crippen molar-refractivity contribution < 1.29 is 19.5 Å². The highest BCUT2D eigenvalue weighted by Crippen LogP contribution is 2.33. The average molecular weight is 254 g/mol. The van der Waals surface area contributed by atoms with Gasteiger partial charge in [-0.15, -0.1) is 0 Å². The summed E-state index contributed by atoms with van der Waals surface area (Å²) in [5.41, 5.74) is -1.08. The van der Waals surface area contributed by atoms with E-state index < -0.39 is 17.4 Å². The molecule has 100 valence electrons. The van der Waals surface area contributed by atoms with Gasteiger partial charge in [0.25, 0.3) is 0 Å². The Morgan fingerprint density at radius 3 is 2.56 bits per heavy atom. The van der Waals surface area contributed by atoms with E-state index in [4.69, 9.17) is 5.11 Å². The molecule has 0 aromatic heterocycles. The SMILES string of the molecule is CCN1CC(C(=O)NC2(C(=O)O)CCC2)CC1=O. The number of hydrogen-bond donors (Lipinski definition) is 2. The highest BCUT2D eigenvalue weighted by atomic mass is 16.4. The van der Waals surface area contributed by atoms with Gasteiger partial charge in [0.15, 0.2) is 0 Å². The standard InChI is InChI=1S/C12H18N2O4/c1-2-14-7-8(6-9(14)15)10(16)13-12(11(17)18)4-3-5-12/h8H,2-7H2,1H3,(H,13,16)(H,17,18). The van der Waals surface area contributed by atoms with Crippen molar-refractivity contribution in [3.63, 3.8) is 0 Å². The van der Waals surface area contributed by atoms with Gasteiger partial charge in [-0.2, -0.15) is 0 Å². The van der Waals surface area contributed by atoms with Gasteiger partial charge < -0.3 is 15.3 Å². The monoisotopic (exact) mass is 254 g/mol. The Balaban J connectivity index is 1.97. The van der Waals surface area contributed by atoms with Crippen molar-refractivity contribution in [3.8, 4) is 0 Å². The molecule has 1 unspecified atom stereocenters. The third kappa shape index (κ3) is 2.07. The minimum atomic E-state index is -1.08. The lowest BCUT2D eigenvalue weighted by Crippen LogP contribution is -2.60. The number of carbonyl (C=O) groups is 3. The molecular weight excluding hydrogens is 236 g/mol. The molecule has 0 aromatic rings. The van der Waals surface area contributed by atoms with E-state index in [-0.39, 0.29) is 18.2 Å². The Morgan fingerprint density at radius 2 is 2.17 bits per heavy atom. The second kappa shape index (κ2) is 4.59. The minimum absolute atomic E-state index is 0.0318. The summed E-state index contributed by atoms with van der Waals surface area (Å²) >= 11 is 0. The van der Waals surface area contributed by atoms with Crippen molar-refractivity contribution in [1.29, 1.82) is 0 Å². The van der Waals surface area contributed by atoms with Gasteiger partial charge in [0, 0.05) is 19.5 Å². The van der Waals surface area contributed by atoms with Crippen molar-refractivity contribution in [1.82, 2.24) is 10.2 Å². The van der Waals surface area contributed by atoms with Gasteiger partial charge >= 0.3 is 5.97 Å². The quantitative estimate of drug-likeness (QED) is 0.738. The summed E-state index contributed by atoms with van der Waals surface area (Å²) in [4.78, 5) is 36.3. The second-order valence-electron chi connectivity index (χ2n) is 5.06. The fraction of sp³-hybridized carbons (Fsp3) is 0.750. The highest BCUT2D eigenvalue weighted by Gasteiger charge is 2.47. The summed E-state index contributed by atoms with van der Waals surface area (Å²) in [7, 11) is 0. The number of likely N-dealkylation sites (tertiary alicyclic amines) is 1. The Labute approximate surface area is 105 Å². The summed E-state index contributed by atoms with van der Waals surface area (Å²) in [5, 5.41) is 11.8. The van der Waals surface area contributed by atoms with Gasteiger partial charge in [-0.1, -0.05) is 0 Å². The van der Waals surface area contributed by atoms with Gasteiger partial charge in [-0.3, -0.25) is 9.59 Å². The molecule has 1 atom stereocenters. The fourth-order valence-corrected chi connectivity index (χ4v) is 2.51. The number of hydrogen-bond acceptors (Lipinski definition) is 3. The zero-order chi connectivity index (χ0) is 13.3. The van der Waals surface area contributed by atoms with Crippen LogP contribution in [0.1, 0.15) is 32.6 Å². The molecule has 2 N–H and O–H groups in total. The second-order valence-corrected chi connectivity index (χ2v) is 5.06. The molecule has 6 heteroatoms. The number of aliphatic carboxylic acids is 1. The molecule has 1 saturated carbocycles. The molecule has 2 rings (SSSR count). The van der Waals surface area contributed by atoms with E-state index in [0.29, 0.717) is 25.9 Å². The number of nitrogens with one attached hydrogen (secondary N) is 1. The smallest absolute Gasteiger partial charge is 0.329 e. The summed E-state index contributed by atoms with van der Waals surface area (Å²) < 4.78 is 0. The van der Waals surface area contributed by atoms with Crippen LogP contribution in [-0.2, 0) is 14.4 Å². The summed E-state index contributed by atoms with van der Waals surface area (Å²) in [5.74, 6) is -1.72. The van der Waals surface area contributed by atoms with Gasteiger partial charge in [-0.25, -0.2) is 4.79 Å². The summed E-state index contributed by atoms with van der Waals surface area (Å²) in [6, 6.07) is 0. The number of rotatable bonds is 4. The van der Waals surface area contributed by atoms with E-state index in [1.165, 1.54) is 0 Å². The lowest BCUT2D eigenvalue weighted by atomic mass is 9.76. The van der Waals surface area contributed by atoms with Crippen molar-refractivity contribution in [3.05, 3.63) is 0 Å². The molecule has 2 amide bonds. The van der Waals surface area contributed by atoms with Crippen molar-refractivity contribution in [2.45, 2.75) is 38.1 Å². The molecule has 1 aliphatic heterocycles. The molecule has 1 heterocycles. The number of nitrogens with zero attached hydrogens (tertiary/aromatic N) is 1. The first-order valence-electron chi connectivity index (χ1n) is 6.31. The van der Waals surface area contributed by atoms with Crippen LogP contribution in [0.15, 0.2) is 0 Å². The van der Waals surface area contributed by atoms with E-state index in [9.17, 15) is 14.4 Å². The lowest BCUT2D eigenvalue weighted by Gasteiger charge is -2.38. The fourth-order valence-electron chi connectivity index (χ4n) is 2.51. The predicted octanol–water partition coefficient (Wildman–Crippen LogP) is -0.0217. The average Bonchev–Trinajstić information content (AvgIpc) is 2.64. The van der Waals surface area contributed by atoms with Crippen LogP contribution in [0.25, 0.3) is 0 Å². The summed E-state index contributed by atoms with van der Waals surface area (Å²) in [6.07, 6.45) is 1.96. The van der Waals surface area contributed by atoms with Crippen molar-refractivity contribution >= 4 is 17.8 Å². The Morgan fingerprint density at radius 1 is 1.50 bits per heavy atom. The normalized spacial score (nSPS) is 25.7. The van der Waals surface area contributed by atoms with E-state index in [1.807, 2.05) is 6.92 Å². The van der Waals surface area contributed by atoms with Crippen LogP contribution in [-0.4, -0.2) is 46.4 Å². The van der Waals surface area contributed by atoms with E-state index in [0.717, 1.165) is 6.42 Å². The van der Waals surface area contributed by atoms with Crippen LogP contribution in [0.4, 0.5) is 0 Å². The first-order chi connectivity index (χ1) is 8.48. The molecule has 0 spiro atoms. The Kier molecular flexibility index (Phi) is 3.28. The van der Waals surface area contributed by atoms with Crippen LogP contribution in [0.3, 0.4) is 0 Å². The molecule has 0 bridgehead atoms. The third-order valence-corrected chi connectivity index (χ3v) is 3.95. The maximum absolute atomic E-state index is 12.0. The number of carboxylic acids is 1. The molecule has 0 aromatic carbocycles. The third-order valence-electron chi connectivity index (χ3n) is 3.95. The Hall–Kier alpha value is -1.59. The number of amides is 2. The zero-order valence-corrected chi connectivity index (χ0v) is 10.4. The molecular formula is C12H18N2O4. The van der Waals surface area contributed by atoms with E-state index in [2.05, 4.69) is 5.32 Å². The maximum Gasteiger partial charge on any atom is 0.329 e. The molecule has 2 fully saturated rings. The molecule has 1 saturated heterocycles. The first-order valence-corrected chi connectivity index (χ1v) is 6.31. The molecule has 18 heavy (non-hydrogen) atoms. The van der Waals surface area contributed by atoms with Crippen LogP contribution in [0.2, 0.25) is 0 Å². The maximum atomic E-state index is 12.0. The van der Waals surface area contributed by atoms with E-state index in [1.54, 1.807) is 4.90 Å². The van der Waals surface area contributed by atoms with Crippen LogP contribution in [0.5, 0.6) is 0 Å². The topological polar surface area (TPSA) is 86.7 Å². The molecule has 2 aliphatic rings. The molecule has 1 aliphatic carbocycles. The molecule has 6 nitrogen and oxygen atoms in total. The number of carboxylic acid groups (broad SMARTS) is 1. The van der Waals surface area contributed by atoms with Gasteiger partial charge in [0.2, 0.25) is 11.8 Å². The largest absolute Gasteiger partial charge is 0.480 e. The number of carbonyl (C=O) groups excluding carboxylic acids is 2. The highest BCUT2D eigenvalue weighted by molar-refractivity contribution is 5.93. The van der Waals surface area contributed by atoms with Crippen LogP contribution >= 0.6 is 0 Å². The van der Waals surface area contributed by atoms with Gasteiger partial charge in [-0.05, 0) is 26.2 Å². The lowest BCUT2D eigenvalue weighted by molar-refractivity contribution is -0.152. The van der Waals surface area contributed by atoms with Gasteiger partial charge in [0.1, 0.15) is 5.54 Å². The van der Waals surface area contributed by atoms with Crippen LogP contribution < -0.4 is 5.32 Å². The van der Waals surface area contributed by atoms with E-state index >= 15 is 0 Å². The summed E-state index contributed by atoms with van der Waals surface area (Å²) in [6.45, 7) is 2.85. The zero-order valence-electron chi connectivity index (χ0n) is 10.4. The van der Waals surface area contributed by atoms with Gasteiger partial charge in [0.05, 0.1) is 5.92 Å². The molecule has 0 radical (unpaired) electrons. The van der Waals surface area contributed by atoms with Crippen LogP contribution in [0, 0.1) is 5.92 Å². The Bertz CT molecular complexity index is 390. The van der Waals surface area contributed by atoms with Crippen molar-refractivity contribution in [2.24, 2.45) is 5.92 Å². The van der Waals surface area contributed by atoms with Crippen molar-refractivity contribution in [2.75, 3.05) is 13.1 Å². The first kappa shape index (κ1) is 12.9. The predicted molar refractivity (Wildman–Crippen MR) is 62.7 cm³/mol.